The summed E-state index contributed by atoms with van der Waals surface area (Å²) in [5.41, 5.74) is 1.28. The molecule has 1 amide bonds. The third kappa shape index (κ3) is 7.24. The van der Waals surface area contributed by atoms with E-state index in [9.17, 15) is 4.79 Å². The molecule has 2 rings (SSSR count). The maximum atomic E-state index is 12.0. The monoisotopic (exact) mass is 349 g/mol. The molecule has 0 unspecified atom stereocenters. The van der Waals surface area contributed by atoms with Crippen molar-refractivity contribution < 1.29 is 4.79 Å². The molecule has 1 aromatic rings. The van der Waals surface area contributed by atoms with Crippen LogP contribution in [0.15, 0.2) is 29.2 Å². The van der Waals surface area contributed by atoms with E-state index in [2.05, 4.69) is 46.7 Å². The fourth-order valence-electron chi connectivity index (χ4n) is 3.03. The molecule has 2 N–H and O–H groups in total. The van der Waals surface area contributed by atoms with Crippen LogP contribution in [0.3, 0.4) is 0 Å². The van der Waals surface area contributed by atoms with Crippen molar-refractivity contribution in [3.8, 4) is 0 Å². The highest BCUT2D eigenvalue weighted by atomic mass is 32.2. The highest BCUT2D eigenvalue weighted by Crippen LogP contribution is 2.20. The van der Waals surface area contributed by atoms with Crippen LogP contribution in [-0.4, -0.2) is 56.3 Å². The van der Waals surface area contributed by atoms with E-state index in [1.54, 1.807) is 11.8 Å². The summed E-state index contributed by atoms with van der Waals surface area (Å²) in [6.07, 6.45) is 3.70. The molecule has 0 spiro atoms. The lowest BCUT2D eigenvalue weighted by Crippen LogP contribution is -2.42. The average molecular weight is 350 g/mol. The maximum absolute atomic E-state index is 12.0. The minimum Gasteiger partial charge on any atom is -0.354 e. The van der Waals surface area contributed by atoms with Crippen molar-refractivity contribution in [1.29, 1.82) is 0 Å². The Balaban J connectivity index is 1.54. The standard InChI is InChI=1S/C19H31N3OS/c1-16-3-5-18(6-4-16)24-14-11-21-19(23)15-22-12-8-17(9-13-22)7-10-20-2/h3-6,17,20H,7-15H2,1-2H3,(H,21,23). The molecular formula is C19H31N3OS. The molecule has 0 saturated carbocycles. The smallest absolute Gasteiger partial charge is 0.234 e. The van der Waals surface area contributed by atoms with Gasteiger partial charge in [0.2, 0.25) is 5.91 Å². The summed E-state index contributed by atoms with van der Waals surface area (Å²) in [6, 6.07) is 8.53. The summed E-state index contributed by atoms with van der Waals surface area (Å²) in [7, 11) is 2.01. The Morgan fingerprint density at radius 2 is 1.92 bits per heavy atom. The molecule has 5 heteroatoms. The van der Waals surface area contributed by atoms with Crippen molar-refractivity contribution in [1.82, 2.24) is 15.5 Å². The van der Waals surface area contributed by atoms with Crippen LogP contribution in [0.1, 0.15) is 24.8 Å². The fourth-order valence-corrected chi connectivity index (χ4v) is 3.80. The second-order valence-corrected chi connectivity index (χ2v) is 7.79. The summed E-state index contributed by atoms with van der Waals surface area (Å²) < 4.78 is 0. The number of nitrogens with one attached hydrogen (secondary N) is 2. The zero-order valence-electron chi connectivity index (χ0n) is 15.0. The normalized spacial score (nSPS) is 16.2. The molecule has 0 atom stereocenters. The van der Waals surface area contributed by atoms with E-state index in [1.807, 2.05) is 7.05 Å². The lowest BCUT2D eigenvalue weighted by Gasteiger charge is -2.31. The van der Waals surface area contributed by atoms with Gasteiger partial charge < -0.3 is 10.6 Å². The second kappa shape index (κ2) is 10.7. The van der Waals surface area contributed by atoms with Crippen LogP contribution in [0.4, 0.5) is 0 Å². The van der Waals surface area contributed by atoms with E-state index in [1.165, 1.54) is 29.7 Å². The van der Waals surface area contributed by atoms with E-state index >= 15 is 0 Å². The number of carbonyl (C=O) groups is 1. The van der Waals surface area contributed by atoms with Crippen LogP contribution in [0, 0.1) is 12.8 Å². The first kappa shape index (κ1) is 19.3. The number of amides is 1. The summed E-state index contributed by atoms with van der Waals surface area (Å²) >= 11 is 1.79. The summed E-state index contributed by atoms with van der Waals surface area (Å²) in [4.78, 5) is 15.6. The van der Waals surface area contributed by atoms with Gasteiger partial charge in [0.05, 0.1) is 6.54 Å². The maximum Gasteiger partial charge on any atom is 0.234 e. The van der Waals surface area contributed by atoms with E-state index in [-0.39, 0.29) is 5.91 Å². The van der Waals surface area contributed by atoms with Crippen molar-refractivity contribution in [2.75, 3.05) is 45.5 Å². The van der Waals surface area contributed by atoms with Crippen LogP contribution in [0.2, 0.25) is 0 Å². The number of aryl methyl sites for hydroxylation is 1. The SMILES string of the molecule is CNCCC1CCN(CC(=O)NCCSc2ccc(C)cc2)CC1. The number of hydrogen-bond donors (Lipinski definition) is 2. The Hall–Kier alpha value is -1.04. The minimum atomic E-state index is 0.160. The molecule has 0 bridgehead atoms. The molecule has 0 radical (unpaired) electrons. The first-order chi connectivity index (χ1) is 11.7. The van der Waals surface area contributed by atoms with E-state index in [0.717, 1.165) is 37.8 Å². The van der Waals surface area contributed by atoms with Crippen molar-refractivity contribution in [2.24, 2.45) is 5.92 Å². The number of thioether (sulfide) groups is 1. The van der Waals surface area contributed by atoms with Gasteiger partial charge >= 0.3 is 0 Å². The lowest BCUT2D eigenvalue weighted by molar-refractivity contribution is -0.122. The molecule has 24 heavy (non-hydrogen) atoms. The van der Waals surface area contributed by atoms with Gasteiger partial charge in [-0.2, -0.15) is 0 Å². The molecule has 1 aliphatic rings. The van der Waals surface area contributed by atoms with Crippen LogP contribution >= 0.6 is 11.8 Å². The first-order valence-corrected chi connectivity index (χ1v) is 9.99. The van der Waals surface area contributed by atoms with Crippen molar-refractivity contribution in [3.63, 3.8) is 0 Å². The van der Waals surface area contributed by atoms with Crippen LogP contribution < -0.4 is 10.6 Å². The molecule has 134 valence electrons. The molecule has 1 aromatic carbocycles. The van der Waals surface area contributed by atoms with Gasteiger partial charge in [-0.3, -0.25) is 9.69 Å². The van der Waals surface area contributed by atoms with Crippen LogP contribution in [0.25, 0.3) is 0 Å². The number of benzene rings is 1. The predicted molar refractivity (Wildman–Crippen MR) is 103 cm³/mol. The lowest BCUT2D eigenvalue weighted by atomic mass is 9.93. The summed E-state index contributed by atoms with van der Waals surface area (Å²) in [5, 5.41) is 6.27. The van der Waals surface area contributed by atoms with Gasteiger partial charge in [0.25, 0.3) is 0 Å². The Labute approximate surface area is 150 Å². The van der Waals surface area contributed by atoms with Gasteiger partial charge in [0, 0.05) is 17.2 Å². The summed E-state index contributed by atoms with van der Waals surface area (Å²) in [5.74, 6) is 1.90. The molecule has 4 nitrogen and oxygen atoms in total. The fraction of sp³-hybridized carbons (Fsp3) is 0.632. The number of likely N-dealkylation sites (tertiary alicyclic amines) is 1. The van der Waals surface area contributed by atoms with Gasteiger partial charge in [-0.15, -0.1) is 11.8 Å². The Morgan fingerprint density at radius 1 is 1.21 bits per heavy atom. The number of carbonyl (C=O) groups excluding carboxylic acids is 1. The van der Waals surface area contributed by atoms with Crippen molar-refractivity contribution in [3.05, 3.63) is 29.8 Å². The zero-order valence-corrected chi connectivity index (χ0v) is 15.8. The molecule has 1 aliphatic heterocycles. The van der Waals surface area contributed by atoms with Crippen LogP contribution in [0.5, 0.6) is 0 Å². The summed E-state index contributed by atoms with van der Waals surface area (Å²) in [6.45, 7) is 6.59. The minimum absolute atomic E-state index is 0.160. The molecule has 0 aliphatic carbocycles. The Bertz CT molecular complexity index is 484. The third-order valence-corrected chi connectivity index (χ3v) is 5.60. The van der Waals surface area contributed by atoms with Crippen molar-refractivity contribution >= 4 is 17.7 Å². The highest BCUT2D eigenvalue weighted by Gasteiger charge is 2.20. The second-order valence-electron chi connectivity index (χ2n) is 6.62. The zero-order chi connectivity index (χ0) is 17.2. The van der Waals surface area contributed by atoms with E-state index in [0.29, 0.717) is 6.54 Å². The number of rotatable bonds is 9. The highest BCUT2D eigenvalue weighted by molar-refractivity contribution is 7.99. The first-order valence-electron chi connectivity index (χ1n) is 9.00. The number of hydrogen-bond acceptors (Lipinski definition) is 4. The molecule has 1 fully saturated rings. The quantitative estimate of drug-likeness (QED) is 0.531. The average Bonchev–Trinajstić information content (AvgIpc) is 2.60. The van der Waals surface area contributed by atoms with Crippen LogP contribution in [-0.2, 0) is 4.79 Å². The Morgan fingerprint density at radius 3 is 2.58 bits per heavy atom. The van der Waals surface area contributed by atoms with Crippen molar-refractivity contribution in [2.45, 2.75) is 31.1 Å². The van der Waals surface area contributed by atoms with E-state index in [4.69, 9.17) is 0 Å². The van der Waals surface area contributed by atoms with Gasteiger partial charge in [-0.1, -0.05) is 17.7 Å². The number of piperidine rings is 1. The molecule has 1 saturated heterocycles. The molecule has 1 heterocycles. The third-order valence-electron chi connectivity index (χ3n) is 4.59. The Kier molecular flexibility index (Phi) is 8.64. The topological polar surface area (TPSA) is 44.4 Å². The van der Waals surface area contributed by atoms with E-state index < -0.39 is 0 Å². The van der Waals surface area contributed by atoms with Gasteiger partial charge in [0.1, 0.15) is 0 Å². The van der Waals surface area contributed by atoms with Gasteiger partial charge in [-0.25, -0.2) is 0 Å². The molecule has 0 aromatic heterocycles. The largest absolute Gasteiger partial charge is 0.354 e. The van der Waals surface area contributed by atoms with Gasteiger partial charge in [0.15, 0.2) is 0 Å². The molecular weight excluding hydrogens is 318 g/mol. The predicted octanol–water partition coefficient (Wildman–Crippen LogP) is 2.52. The van der Waals surface area contributed by atoms with Gasteiger partial charge in [-0.05, 0) is 70.9 Å². The number of nitrogens with zero attached hydrogens (tertiary/aromatic N) is 1.